The minimum absolute atomic E-state index is 0.114. The normalized spacial score (nSPS) is 20.2. The van der Waals surface area contributed by atoms with Gasteiger partial charge < -0.3 is 15.7 Å². The Kier molecular flexibility index (Phi) is 5.94. The van der Waals surface area contributed by atoms with E-state index in [4.69, 9.17) is 25.2 Å². The number of hydrogen-bond acceptors (Lipinski definition) is 3. The van der Waals surface area contributed by atoms with Gasteiger partial charge in [-0.2, -0.15) is 0 Å². The van der Waals surface area contributed by atoms with Crippen molar-refractivity contribution in [2.24, 2.45) is 11.7 Å². The lowest BCUT2D eigenvalue weighted by molar-refractivity contribution is -0.145. The summed E-state index contributed by atoms with van der Waals surface area (Å²) in [4.78, 5) is 25.8. The van der Waals surface area contributed by atoms with Gasteiger partial charge in [-0.05, 0) is 37.1 Å². The molecule has 24 heavy (non-hydrogen) atoms. The molecular weight excluding hydrogens is 326 g/mol. The van der Waals surface area contributed by atoms with Gasteiger partial charge in [0, 0.05) is 29.6 Å². The van der Waals surface area contributed by atoms with Gasteiger partial charge in [0.25, 0.3) is 0 Å². The lowest BCUT2D eigenvalue weighted by atomic mass is 9.79. The second-order valence-electron chi connectivity index (χ2n) is 6.43. The van der Waals surface area contributed by atoms with Crippen LogP contribution in [0.15, 0.2) is 18.2 Å². The van der Waals surface area contributed by atoms with Gasteiger partial charge in [-0.25, -0.2) is 0 Å². The predicted octanol–water partition coefficient (Wildman–Crippen LogP) is 2.54. The molecule has 1 aliphatic heterocycles. The SMILES string of the molecule is [B]CCCCC(N)(C(=O)O)C1CC(=O)N(c2ccc(Cl)c(C)c2)C1. The average molecular weight is 349 g/mol. The highest BCUT2D eigenvalue weighted by Gasteiger charge is 2.47. The Morgan fingerprint density at radius 3 is 2.79 bits per heavy atom. The van der Waals surface area contributed by atoms with Crippen LogP contribution in [0, 0.1) is 12.8 Å². The van der Waals surface area contributed by atoms with Crippen molar-refractivity contribution in [1.29, 1.82) is 0 Å². The number of nitrogens with two attached hydrogens (primary N) is 1. The zero-order valence-corrected chi connectivity index (χ0v) is 14.6. The Balaban J connectivity index is 2.19. The number of unbranched alkanes of at least 4 members (excludes halogenated alkanes) is 1. The van der Waals surface area contributed by atoms with E-state index in [1.54, 1.807) is 17.0 Å². The molecule has 3 N–H and O–H groups in total. The van der Waals surface area contributed by atoms with E-state index >= 15 is 0 Å². The molecule has 1 aromatic rings. The highest BCUT2D eigenvalue weighted by atomic mass is 35.5. The van der Waals surface area contributed by atoms with Gasteiger partial charge in [0.2, 0.25) is 5.91 Å². The van der Waals surface area contributed by atoms with Crippen molar-refractivity contribution in [1.82, 2.24) is 0 Å². The highest BCUT2D eigenvalue weighted by molar-refractivity contribution is 6.31. The molecule has 0 aromatic heterocycles. The summed E-state index contributed by atoms with van der Waals surface area (Å²) < 4.78 is 0. The van der Waals surface area contributed by atoms with Crippen LogP contribution in [-0.4, -0.2) is 36.9 Å². The van der Waals surface area contributed by atoms with E-state index in [2.05, 4.69) is 0 Å². The number of halogens is 1. The predicted molar refractivity (Wildman–Crippen MR) is 95.6 cm³/mol. The summed E-state index contributed by atoms with van der Waals surface area (Å²) in [7, 11) is 5.47. The molecule has 0 bridgehead atoms. The van der Waals surface area contributed by atoms with Gasteiger partial charge in [-0.1, -0.05) is 30.8 Å². The van der Waals surface area contributed by atoms with Crippen molar-refractivity contribution in [3.8, 4) is 0 Å². The van der Waals surface area contributed by atoms with Crippen LogP contribution in [0.1, 0.15) is 31.2 Å². The minimum atomic E-state index is -1.42. The third kappa shape index (κ3) is 3.76. The summed E-state index contributed by atoms with van der Waals surface area (Å²) >= 11 is 6.03. The minimum Gasteiger partial charge on any atom is -0.480 e. The second-order valence-corrected chi connectivity index (χ2v) is 6.84. The first kappa shape index (κ1) is 18.8. The van der Waals surface area contributed by atoms with Gasteiger partial charge >= 0.3 is 5.97 Å². The maximum Gasteiger partial charge on any atom is 0.324 e. The van der Waals surface area contributed by atoms with Gasteiger partial charge in [-0.15, -0.1) is 0 Å². The van der Waals surface area contributed by atoms with Crippen molar-refractivity contribution in [2.75, 3.05) is 11.4 Å². The van der Waals surface area contributed by atoms with Crippen LogP contribution in [0.5, 0.6) is 0 Å². The number of carboxylic acids is 1. The van der Waals surface area contributed by atoms with E-state index in [-0.39, 0.29) is 12.3 Å². The number of rotatable bonds is 7. The number of aliphatic carboxylic acids is 1. The maximum absolute atomic E-state index is 12.4. The largest absolute Gasteiger partial charge is 0.480 e. The molecule has 2 unspecified atom stereocenters. The molecule has 0 spiro atoms. The number of hydrogen-bond donors (Lipinski definition) is 2. The van der Waals surface area contributed by atoms with E-state index < -0.39 is 17.4 Å². The number of nitrogens with zero attached hydrogens (tertiary/aromatic N) is 1. The summed E-state index contributed by atoms with van der Waals surface area (Å²) in [5, 5.41) is 10.2. The summed E-state index contributed by atoms with van der Waals surface area (Å²) in [5.41, 5.74) is 6.38. The number of amides is 1. The Hall–Kier alpha value is -1.53. The molecule has 1 amide bonds. The van der Waals surface area contributed by atoms with Crippen molar-refractivity contribution >= 4 is 37.0 Å². The summed E-state index contributed by atoms with van der Waals surface area (Å²) in [6, 6.07) is 5.33. The van der Waals surface area contributed by atoms with Gasteiger partial charge in [0.05, 0.1) is 7.85 Å². The van der Waals surface area contributed by atoms with E-state index in [0.29, 0.717) is 37.2 Å². The van der Waals surface area contributed by atoms with Crippen molar-refractivity contribution < 1.29 is 14.7 Å². The van der Waals surface area contributed by atoms with E-state index in [9.17, 15) is 14.7 Å². The first-order chi connectivity index (χ1) is 11.3. The molecule has 1 fully saturated rings. The Morgan fingerprint density at radius 2 is 2.21 bits per heavy atom. The zero-order valence-electron chi connectivity index (χ0n) is 13.8. The van der Waals surface area contributed by atoms with Crippen LogP contribution < -0.4 is 10.6 Å². The van der Waals surface area contributed by atoms with E-state index in [0.717, 1.165) is 11.3 Å². The highest BCUT2D eigenvalue weighted by Crippen LogP contribution is 2.34. The van der Waals surface area contributed by atoms with Crippen LogP contribution in [0.4, 0.5) is 5.69 Å². The van der Waals surface area contributed by atoms with E-state index in [1.807, 2.05) is 13.0 Å². The lowest BCUT2D eigenvalue weighted by Gasteiger charge is -2.31. The third-order valence-electron chi connectivity index (χ3n) is 4.75. The number of benzene rings is 1. The number of anilines is 1. The molecule has 1 aromatic carbocycles. The third-order valence-corrected chi connectivity index (χ3v) is 5.17. The average Bonchev–Trinajstić information content (AvgIpc) is 2.92. The zero-order chi connectivity index (χ0) is 17.9. The number of carboxylic acid groups (broad SMARTS) is 1. The molecule has 1 aliphatic rings. The first-order valence-electron chi connectivity index (χ1n) is 8.08. The Labute approximate surface area is 148 Å². The quantitative estimate of drug-likeness (QED) is 0.586. The topological polar surface area (TPSA) is 83.6 Å². The Morgan fingerprint density at radius 1 is 1.50 bits per heavy atom. The summed E-state index contributed by atoms with van der Waals surface area (Å²) in [6.45, 7) is 2.16. The van der Waals surface area contributed by atoms with Crippen LogP contribution in [0.2, 0.25) is 11.3 Å². The molecule has 7 heteroatoms. The molecule has 1 saturated heterocycles. The van der Waals surface area contributed by atoms with Crippen molar-refractivity contribution in [2.45, 2.75) is 44.5 Å². The first-order valence-corrected chi connectivity index (χ1v) is 8.46. The molecule has 0 aliphatic carbocycles. The standard InChI is InChI=1S/C17H22BClN2O3/c1-11-8-13(4-5-14(11)19)21-10-12(9-15(21)22)17(20,16(23)24)6-2-3-7-18/h4-5,8,12H,2-3,6-7,9-10,20H2,1H3,(H,23,24). The molecule has 2 radical (unpaired) electrons. The summed E-state index contributed by atoms with van der Waals surface area (Å²) in [5.74, 6) is -1.61. The van der Waals surface area contributed by atoms with Crippen LogP contribution in [0.3, 0.4) is 0 Å². The monoisotopic (exact) mass is 348 g/mol. The van der Waals surface area contributed by atoms with Gasteiger partial charge in [0.15, 0.2) is 0 Å². The molecule has 2 rings (SSSR count). The molecule has 1 heterocycles. The smallest absolute Gasteiger partial charge is 0.324 e. The number of carbonyl (C=O) groups is 2. The Bertz CT molecular complexity index is 640. The van der Waals surface area contributed by atoms with Crippen molar-refractivity contribution in [3.05, 3.63) is 28.8 Å². The second kappa shape index (κ2) is 7.57. The molecule has 128 valence electrons. The lowest BCUT2D eigenvalue weighted by Crippen LogP contribution is -2.55. The summed E-state index contributed by atoms with van der Waals surface area (Å²) in [6.07, 6.45) is 2.28. The molecular formula is C17H22BClN2O3. The van der Waals surface area contributed by atoms with Gasteiger partial charge in [0.1, 0.15) is 5.54 Å². The molecule has 5 nitrogen and oxygen atoms in total. The van der Waals surface area contributed by atoms with Gasteiger partial charge in [-0.3, -0.25) is 9.59 Å². The molecule has 0 saturated carbocycles. The van der Waals surface area contributed by atoms with Crippen LogP contribution >= 0.6 is 11.6 Å². The fraction of sp³-hybridized carbons (Fsp3) is 0.529. The number of carbonyl (C=O) groups excluding carboxylic acids is 1. The van der Waals surface area contributed by atoms with Crippen LogP contribution in [0.25, 0.3) is 0 Å². The number of aryl methyl sites for hydroxylation is 1. The van der Waals surface area contributed by atoms with Crippen molar-refractivity contribution in [3.63, 3.8) is 0 Å². The maximum atomic E-state index is 12.4. The molecule has 2 atom stereocenters. The fourth-order valence-electron chi connectivity index (χ4n) is 3.15. The van der Waals surface area contributed by atoms with E-state index in [1.165, 1.54) is 0 Å². The van der Waals surface area contributed by atoms with Crippen LogP contribution in [-0.2, 0) is 9.59 Å². The fourth-order valence-corrected chi connectivity index (χ4v) is 3.26.